The van der Waals surface area contributed by atoms with Crippen molar-refractivity contribution in [1.82, 2.24) is 5.32 Å². The normalized spacial score (nSPS) is 12.7. The van der Waals surface area contributed by atoms with Gasteiger partial charge in [-0.05, 0) is 0 Å². The molecule has 7 heteroatoms. The van der Waals surface area contributed by atoms with Gasteiger partial charge in [-0.2, -0.15) is 0 Å². The Balaban J connectivity index is 1.73. The second kappa shape index (κ2) is 12.0. The summed E-state index contributed by atoms with van der Waals surface area (Å²) in [6.45, 7) is 5.84. The molecule has 0 radical (unpaired) electrons. The van der Waals surface area contributed by atoms with Crippen molar-refractivity contribution in [2.75, 3.05) is 19.3 Å². The Morgan fingerprint density at radius 1 is 0.806 bits per heavy atom. The van der Waals surface area contributed by atoms with Crippen LogP contribution in [0, 0.1) is 0 Å². The Bertz CT molecular complexity index is 1030. The third-order valence-corrected chi connectivity index (χ3v) is 15.9. The van der Waals surface area contributed by atoms with E-state index in [0.717, 1.165) is 6.16 Å². The number of alkyl carbamates (subject to hydrolysis) is 1. The molecule has 0 spiro atoms. The number of nitrogens with one attached hydrogen (secondary N) is 1. The van der Waals surface area contributed by atoms with E-state index in [1.165, 1.54) is 15.9 Å². The minimum atomic E-state index is -3.03. The molecule has 1 amide bonds. The van der Waals surface area contributed by atoms with Gasteiger partial charge in [0.05, 0.1) is 0 Å². The molecule has 3 aromatic carbocycles. The fourth-order valence-corrected chi connectivity index (χ4v) is 11.9. The molecular formula is C29H35BrNO4P. The predicted octanol–water partition coefficient (Wildman–Crippen LogP) is 5.67. The summed E-state index contributed by atoms with van der Waals surface area (Å²) in [5, 5.41) is 3.26. The molecule has 0 unspecified atom stereocenters. The number of halogens is 1. The molecule has 0 heterocycles. The maximum atomic E-state index is 12.3. The van der Waals surface area contributed by atoms with Crippen LogP contribution in [0.1, 0.15) is 33.6 Å². The molecule has 0 saturated heterocycles. The molecule has 0 aromatic heterocycles. The molecule has 0 aliphatic heterocycles. The Kier molecular flexibility index (Phi) is 9.32. The molecule has 3 rings (SSSR count). The second-order valence-electron chi connectivity index (χ2n) is 9.67. The molecule has 0 bridgehead atoms. The number of benzene rings is 3. The van der Waals surface area contributed by atoms with Crippen molar-refractivity contribution in [3.63, 3.8) is 0 Å². The number of ether oxygens (including phenoxy) is 2. The van der Waals surface area contributed by atoms with Crippen molar-refractivity contribution in [3.05, 3.63) is 91.0 Å². The third kappa shape index (κ3) is 6.74. The van der Waals surface area contributed by atoms with Gasteiger partial charge in [0.25, 0.3) is 0 Å². The maximum absolute atomic E-state index is 12.3. The number of carbonyl (C=O) groups is 2. The van der Waals surface area contributed by atoms with Crippen LogP contribution in [0.2, 0.25) is 0 Å². The van der Waals surface area contributed by atoms with Crippen LogP contribution in [0.5, 0.6) is 0 Å². The van der Waals surface area contributed by atoms with E-state index in [1.54, 1.807) is 20.8 Å². The van der Waals surface area contributed by atoms with E-state index in [2.05, 4.69) is 93.6 Å². The SMILES string of the molecule is CC(C)(C)OC(=O)NCCC(=O)OCCCP(Br)(c1ccccc1)(c1ccccc1)c1ccccc1. The standard InChI is InChI=1S/C29H35BrNO4P/c1-29(2,3)35-28(33)31-21-20-27(32)34-22-13-23-36(30,24-14-7-4-8-15-24,25-16-9-5-10-17-25)26-18-11-6-12-19-26/h4-12,14-19H,13,20-23H2,1-3H3,(H,31,33). The molecule has 3 aromatic rings. The summed E-state index contributed by atoms with van der Waals surface area (Å²) in [5.74, 6) is -0.347. The molecule has 0 aliphatic carbocycles. The summed E-state index contributed by atoms with van der Waals surface area (Å²) in [7, 11) is 0. The number of esters is 1. The van der Waals surface area contributed by atoms with Crippen LogP contribution in [-0.4, -0.2) is 37.0 Å². The van der Waals surface area contributed by atoms with Crippen LogP contribution in [0.15, 0.2) is 91.0 Å². The van der Waals surface area contributed by atoms with Gasteiger partial charge in [0, 0.05) is 0 Å². The summed E-state index contributed by atoms with van der Waals surface area (Å²) in [4.78, 5) is 24.1. The fraction of sp³-hybridized carbons (Fsp3) is 0.310. The zero-order valence-electron chi connectivity index (χ0n) is 21.2. The van der Waals surface area contributed by atoms with Gasteiger partial charge in [-0.3, -0.25) is 0 Å². The Hall–Kier alpha value is -2.69. The van der Waals surface area contributed by atoms with Gasteiger partial charge >= 0.3 is 223 Å². The van der Waals surface area contributed by atoms with Gasteiger partial charge in [0.1, 0.15) is 0 Å². The van der Waals surface area contributed by atoms with Crippen molar-refractivity contribution >= 4 is 48.8 Å². The first-order valence-corrected chi connectivity index (χ1v) is 16.6. The number of carbonyl (C=O) groups excluding carboxylic acids is 2. The summed E-state index contributed by atoms with van der Waals surface area (Å²) in [5.41, 5.74) is -0.581. The third-order valence-electron chi connectivity index (χ3n) is 5.87. The van der Waals surface area contributed by atoms with E-state index in [4.69, 9.17) is 9.47 Å². The van der Waals surface area contributed by atoms with Crippen LogP contribution in [0.3, 0.4) is 0 Å². The molecule has 36 heavy (non-hydrogen) atoms. The van der Waals surface area contributed by atoms with Crippen LogP contribution >= 0.6 is 20.8 Å². The number of hydrogen-bond donors (Lipinski definition) is 1. The molecule has 0 fully saturated rings. The van der Waals surface area contributed by atoms with E-state index in [-0.39, 0.29) is 18.9 Å². The van der Waals surface area contributed by atoms with Crippen molar-refractivity contribution < 1.29 is 19.1 Å². The average molecular weight is 572 g/mol. The van der Waals surface area contributed by atoms with Gasteiger partial charge in [-0.1, -0.05) is 0 Å². The van der Waals surface area contributed by atoms with Crippen molar-refractivity contribution in [1.29, 1.82) is 0 Å². The topological polar surface area (TPSA) is 64.6 Å². The summed E-state index contributed by atoms with van der Waals surface area (Å²) < 4.78 is 10.7. The van der Waals surface area contributed by atoms with Crippen LogP contribution in [0.25, 0.3) is 0 Å². The predicted molar refractivity (Wildman–Crippen MR) is 153 cm³/mol. The summed E-state index contributed by atoms with van der Waals surface area (Å²) in [6, 6.07) is 31.6. The average Bonchev–Trinajstić information content (AvgIpc) is 2.87. The van der Waals surface area contributed by atoms with Gasteiger partial charge in [0.2, 0.25) is 0 Å². The van der Waals surface area contributed by atoms with E-state index in [1.807, 2.05) is 18.2 Å². The number of amides is 1. The Morgan fingerprint density at radius 2 is 1.25 bits per heavy atom. The Labute approximate surface area is 222 Å². The molecule has 1 N–H and O–H groups in total. The van der Waals surface area contributed by atoms with E-state index < -0.39 is 17.0 Å². The monoisotopic (exact) mass is 571 g/mol. The number of rotatable bonds is 10. The minimum absolute atomic E-state index is 0.0905. The molecule has 192 valence electrons. The van der Waals surface area contributed by atoms with Crippen LogP contribution in [0.4, 0.5) is 4.79 Å². The molecule has 0 atom stereocenters. The molecular weight excluding hydrogens is 537 g/mol. The van der Waals surface area contributed by atoms with Gasteiger partial charge in [0.15, 0.2) is 0 Å². The molecule has 5 nitrogen and oxygen atoms in total. The summed E-state index contributed by atoms with van der Waals surface area (Å²) >= 11 is 4.40. The first-order chi connectivity index (χ1) is 17.1. The first kappa shape index (κ1) is 27.9. The summed E-state index contributed by atoms with van der Waals surface area (Å²) in [6.07, 6.45) is 1.01. The van der Waals surface area contributed by atoms with E-state index >= 15 is 0 Å². The van der Waals surface area contributed by atoms with Crippen LogP contribution in [-0.2, 0) is 14.3 Å². The van der Waals surface area contributed by atoms with Gasteiger partial charge < -0.3 is 0 Å². The zero-order valence-corrected chi connectivity index (χ0v) is 23.6. The Morgan fingerprint density at radius 3 is 1.67 bits per heavy atom. The molecule has 0 aliphatic rings. The van der Waals surface area contributed by atoms with Crippen molar-refractivity contribution in [3.8, 4) is 0 Å². The van der Waals surface area contributed by atoms with Crippen molar-refractivity contribution in [2.24, 2.45) is 0 Å². The van der Waals surface area contributed by atoms with Crippen molar-refractivity contribution in [2.45, 2.75) is 39.2 Å². The van der Waals surface area contributed by atoms with E-state index in [9.17, 15) is 9.59 Å². The van der Waals surface area contributed by atoms with E-state index in [0.29, 0.717) is 13.0 Å². The quantitative estimate of drug-likeness (QED) is 0.193. The zero-order chi connectivity index (χ0) is 26.1. The van der Waals surface area contributed by atoms with Crippen LogP contribution < -0.4 is 21.2 Å². The van der Waals surface area contributed by atoms with Gasteiger partial charge in [-0.25, -0.2) is 0 Å². The molecule has 0 saturated carbocycles. The first-order valence-electron chi connectivity index (χ1n) is 12.2. The van der Waals surface area contributed by atoms with Gasteiger partial charge in [-0.15, -0.1) is 0 Å². The number of hydrogen-bond acceptors (Lipinski definition) is 4. The fourth-order valence-electron chi connectivity index (χ4n) is 4.25. The second-order valence-corrected chi connectivity index (χ2v) is 18.7.